The number of carbonyl (C=O) groups excluding carboxylic acids is 2. The highest BCUT2D eigenvalue weighted by Crippen LogP contribution is 2.15. The summed E-state index contributed by atoms with van der Waals surface area (Å²) in [5, 5.41) is 5.24. The van der Waals surface area contributed by atoms with Crippen LogP contribution in [0.25, 0.3) is 0 Å². The molecule has 0 aromatic heterocycles. The lowest BCUT2D eigenvalue weighted by molar-refractivity contribution is -0.118. The molecule has 2 N–H and O–H groups in total. The molecule has 0 radical (unpaired) electrons. The second-order valence-electron chi connectivity index (χ2n) is 5.74. The monoisotopic (exact) mass is 378 g/mol. The van der Waals surface area contributed by atoms with Crippen molar-refractivity contribution in [1.82, 2.24) is 5.32 Å². The molecule has 0 saturated heterocycles. The van der Waals surface area contributed by atoms with E-state index in [1.54, 1.807) is 23.9 Å². The minimum Gasteiger partial charge on any atom is -0.340 e. The molecule has 4 nitrogen and oxygen atoms in total. The van der Waals surface area contributed by atoms with Gasteiger partial charge in [0.15, 0.2) is 11.6 Å². The van der Waals surface area contributed by atoms with Crippen LogP contribution in [0.5, 0.6) is 0 Å². The zero-order chi connectivity index (χ0) is 19.1. The molecule has 7 heteroatoms. The van der Waals surface area contributed by atoms with E-state index in [-0.39, 0.29) is 11.6 Å². The molecular weight excluding hydrogens is 358 g/mol. The number of carbonyl (C=O) groups is 2. The molecule has 26 heavy (non-hydrogen) atoms. The van der Waals surface area contributed by atoms with Crippen LogP contribution in [0.15, 0.2) is 42.5 Å². The Kier molecular flexibility index (Phi) is 7.15. The Hall–Kier alpha value is -2.41. The van der Waals surface area contributed by atoms with E-state index < -0.39 is 23.6 Å². The van der Waals surface area contributed by atoms with Gasteiger partial charge < -0.3 is 10.6 Å². The molecule has 0 bridgehead atoms. The van der Waals surface area contributed by atoms with Crippen LogP contribution in [-0.2, 0) is 4.79 Å². The number of amides is 2. The predicted molar refractivity (Wildman–Crippen MR) is 100 cm³/mol. The van der Waals surface area contributed by atoms with Crippen molar-refractivity contribution in [3.05, 3.63) is 65.2 Å². The summed E-state index contributed by atoms with van der Waals surface area (Å²) in [4.78, 5) is 25.0. The Balaban J connectivity index is 2.12. The van der Waals surface area contributed by atoms with Crippen molar-refractivity contribution in [3.8, 4) is 0 Å². The first kappa shape index (κ1) is 19.9. The molecule has 138 valence electrons. The van der Waals surface area contributed by atoms with Crippen LogP contribution < -0.4 is 10.6 Å². The summed E-state index contributed by atoms with van der Waals surface area (Å²) in [5.41, 5.74) is 1.42. The molecule has 0 heterocycles. The van der Waals surface area contributed by atoms with E-state index in [4.69, 9.17) is 0 Å². The number of hydrogen-bond acceptors (Lipinski definition) is 3. The van der Waals surface area contributed by atoms with Gasteiger partial charge in [0.25, 0.3) is 5.91 Å². The van der Waals surface area contributed by atoms with Crippen LogP contribution in [0.3, 0.4) is 0 Å². The molecule has 2 aromatic rings. The molecule has 2 rings (SSSR count). The third kappa shape index (κ3) is 5.29. The van der Waals surface area contributed by atoms with Gasteiger partial charge in [-0.25, -0.2) is 8.78 Å². The Morgan fingerprint density at radius 3 is 2.50 bits per heavy atom. The minimum atomic E-state index is -1.05. The Bertz CT molecular complexity index is 799. The van der Waals surface area contributed by atoms with Crippen molar-refractivity contribution in [3.63, 3.8) is 0 Å². The van der Waals surface area contributed by atoms with Crippen molar-refractivity contribution in [2.24, 2.45) is 0 Å². The summed E-state index contributed by atoms with van der Waals surface area (Å²) in [6, 6.07) is 9.40. The summed E-state index contributed by atoms with van der Waals surface area (Å²) < 4.78 is 26.3. The summed E-state index contributed by atoms with van der Waals surface area (Å²) >= 11 is 1.54. The van der Waals surface area contributed by atoms with E-state index in [1.165, 1.54) is 6.07 Å². The normalized spacial score (nSPS) is 11.7. The first-order valence-corrected chi connectivity index (χ1v) is 9.43. The molecule has 0 fully saturated rings. The lowest BCUT2D eigenvalue weighted by Crippen LogP contribution is -2.44. The third-order valence-electron chi connectivity index (χ3n) is 3.81. The number of benzene rings is 2. The molecule has 2 aromatic carbocycles. The van der Waals surface area contributed by atoms with Crippen LogP contribution in [-0.4, -0.2) is 29.9 Å². The largest absolute Gasteiger partial charge is 0.340 e. The zero-order valence-corrected chi connectivity index (χ0v) is 15.3. The van der Waals surface area contributed by atoms with E-state index >= 15 is 0 Å². The lowest BCUT2D eigenvalue weighted by Gasteiger charge is -2.19. The summed E-state index contributed by atoms with van der Waals surface area (Å²) in [7, 11) is 0. The number of thioether (sulfide) groups is 1. The summed E-state index contributed by atoms with van der Waals surface area (Å²) in [5.74, 6) is -2.21. The minimum absolute atomic E-state index is 0.133. The highest BCUT2D eigenvalue weighted by molar-refractivity contribution is 7.98. The Morgan fingerprint density at radius 2 is 1.85 bits per heavy atom. The average Bonchev–Trinajstić information content (AvgIpc) is 2.61. The molecule has 1 unspecified atom stereocenters. The molecule has 0 spiro atoms. The second-order valence-corrected chi connectivity index (χ2v) is 6.73. The van der Waals surface area contributed by atoms with Gasteiger partial charge >= 0.3 is 0 Å². The molecule has 0 aliphatic carbocycles. The van der Waals surface area contributed by atoms with Gasteiger partial charge in [-0.05, 0) is 49.1 Å². The van der Waals surface area contributed by atoms with Gasteiger partial charge in [-0.3, -0.25) is 9.59 Å². The second kappa shape index (κ2) is 9.33. The molecule has 0 aliphatic heterocycles. The lowest BCUT2D eigenvalue weighted by atomic mass is 10.1. The average molecular weight is 378 g/mol. The number of nitrogens with one attached hydrogen (secondary N) is 2. The van der Waals surface area contributed by atoms with E-state index in [2.05, 4.69) is 10.6 Å². The first-order chi connectivity index (χ1) is 12.4. The van der Waals surface area contributed by atoms with Gasteiger partial charge in [-0.1, -0.05) is 18.2 Å². The smallest absolute Gasteiger partial charge is 0.252 e. The number of halogens is 2. The van der Waals surface area contributed by atoms with Crippen molar-refractivity contribution in [1.29, 1.82) is 0 Å². The molecular formula is C19H20F2N2O2S. The van der Waals surface area contributed by atoms with Crippen LogP contribution >= 0.6 is 11.8 Å². The van der Waals surface area contributed by atoms with Gasteiger partial charge in [0.2, 0.25) is 5.91 Å². The fourth-order valence-corrected chi connectivity index (χ4v) is 2.84. The topological polar surface area (TPSA) is 58.2 Å². The number of rotatable bonds is 7. The maximum absolute atomic E-state index is 13.3. The highest BCUT2D eigenvalue weighted by atomic mass is 32.2. The quantitative estimate of drug-likeness (QED) is 0.771. The fraction of sp³-hybridized carbons (Fsp3) is 0.263. The fourth-order valence-electron chi connectivity index (χ4n) is 2.37. The molecule has 2 amide bonds. The maximum Gasteiger partial charge on any atom is 0.252 e. The van der Waals surface area contributed by atoms with E-state index in [9.17, 15) is 18.4 Å². The van der Waals surface area contributed by atoms with E-state index in [0.717, 1.165) is 17.7 Å². The predicted octanol–water partition coefficient (Wildman–Crippen LogP) is 3.76. The van der Waals surface area contributed by atoms with E-state index in [0.29, 0.717) is 17.7 Å². The maximum atomic E-state index is 13.3. The van der Waals surface area contributed by atoms with Crippen molar-refractivity contribution in [2.75, 3.05) is 17.3 Å². The highest BCUT2D eigenvalue weighted by Gasteiger charge is 2.22. The van der Waals surface area contributed by atoms with Gasteiger partial charge in [0, 0.05) is 17.3 Å². The number of anilines is 1. The van der Waals surface area contributed by atoms with Gasteiger partial charge in [0.1, 0.15) is 6.04 Å². The Morgan fingerprint density at radius 1 is 1.12 bits per heavy atom. The first-order valence-electron chi connectivity index (χ1n) is 8.03. The van der Waals surface area contributed by atoms with Crippen LogP contribution in [0.4, 0.5) is 14.5 Å². The van der Waals surface area contributed by atoms with Gasteiger partial charge in [0.05, 0.1) is 0 Å². The van der Waals surface area contributed by atoms with Crippen molar-refractivity contribution in [2.45, 2.75) is 19.4 Å². The number of aryl methyl sites for hydroxylation is 1. The third-order valence-corrected chi connectivity index (χ3v) is 4.45. The zero-order valence-electron chi connectivity index (χ0n) is 14.5. The van der Waals surface area contributed by atoms with Crippen LogP contribution in [0.1, 0.15) is 22.3 Å². The van der Waals surface area contributed by atoms with E-state index in [1.807, 2.05) is 25.3 Å². The van der Waals surface area contributed by atoms with Crippen molar-refractivity contribution >= 4 is 29.3 Å². The SMILES string of the molecule is CSCCC(NC(=O)c1ccccc1C)C(=O)Nc1ccc(F)c(F)c1. The van der Waals surface area contributed by atoms with Gasteiger partial charge in [-0.15, -0.1) is 0 Å². The Labute approximate surface area is 155 Å². The summed E-state index contributed by atoms with van der Waals surface area (Å²) in [6.45, 7) is 1.81. The van der Waals surface area contributed by atoms with Crippen LogP contribution in [0.2, 0.25) is 0 Å². The molecule has 0 aliphatic rings. The standard InChI is InChI=1S/C19H20F2N2O2S/c1-12-5-3-4-6-14(12)18(24)23-17(9-10-26-2)19(25)22-13-7-8-15(20)16(21)11-13/h3-8,11,17H,9-10H2,1-2H3,(H,22,25)(H,23,24). The molecule has 0 saturated carbocycles. The van der Waals surface area contributed by atoms with Crippen molar-refractivity contribution < 1.29 is 18.4 Å². The molecule has 1 atom stereocenters. The van der Waals surface area contributed by atoms with Gasteiger partial charge in [-0.2, -0.15) is 11.8 Å². The summed E-state index contributed by atoms with van der Waals surface area (Å²) in [6.07, 6.45) is 2.31. The number of hydrogen-bond donors (Lipinski definition) is 2. The van der Waals surface area contributed by atoms with Crippen LogP contribution in [0, 0.1) is 18.6 Å².